The van der Waals surface area contributed by atoms with Crippen LogP contribution in [-0.2, 0) is 0 Å². The summed E-state index contributed by atoms with van der Waals surface area (Å²) in [5.41, 5.74) is 0. The van der Waals surface area contributed by atoms with Gasteiger partial charge in [-0.05, 0) is 0 Å². The summed E-state index contributed by atoms with van der Waals surface area (Å²) in [5, 5.41) is 0. The molecule has 0 aliphatic rings. The third-order valence-corrected chi connectivity index (χ3v) is 20.8. The predicted molar refractivity (Wildman–Crippen MR) is 102 cm³/mol. The zero-order valence-corrected chi connectivity index (χ0v) is 20.7. The van der Waals surface area contributed by atoms with Gasteiger partial charge >= 0.3 is 140 Å². The molecular weight excluding hydrogens is 361 g/mol. The van der Waals surface area contributed by atoms with Gasteiger partial charge in [-0.2, -0.15) is 0 Å². The normalized spacial score (nSPS) is 12.6. The molecule has 0 N–H and O–H groups in total. The summed E-state index contributed by atoms with van der Waals surface area (Å²) in [5.74, 6) is 0. The monoisotopic (exact) mass is 406 g/mol. The van der Waals surface area contributed by atoms with Crippen LogP contribution in [0.5, 0.6) is 0 Å². The second-order valence-corrected chi connectivity index (χ2v) is 26.7. The van der Waals surface area contributed by atoms with Gasteiger partial charge < -0.3 is 0 Å². The molecule has 0 saturated heterocycles. The van der Waals surface area contributed by atoms with Crippen molar-refractivity contribution in [1.82, 2.24) is 0 Å². The summed E-state index contributed by atoms with van der Waals surface area (Å²) in [7, 11) is 0. The van der Waals surface area contributed by atoms with E-state index in [4.69, 9.17) is 0 Å². The molecular formula is C18H42Ge2. The Kier molecular flexibility index (Phi) is 13.6. The van der Waals surface area contributed by atoms with Crippen LogP contribution in [0.4, 0.5) is 0 Å². The van der Waals surface area contributed by atoms with Gasteiger partial charge in [0.15, 0.2) is 0 Å². The first-order chi connectivity index (χ1) is 8.93. The van der Waals surface area contributed by atoms with Crippen molar-refractivity contribution < 1.29 is 0 Å². The van der Waals surface area contributed by atoms with Gasteiger partial charge in [-0.3, -0.25) is 0 Å². The van der Waals surface area contributed by atoms with E-state index in [1.165, 1.54) is 0 Å². The van der Waals surface area contributed by atoms with Crippen molar-refractivity contribution in [2.24, 2.45) is 0 Å². The average molecular weight is 404 g/mol. The van der Waals surface area contributed by atoms with Crippen molar-refractivity contribution in [3.63, 3.8) is 0 Å². The van der Waals surface area contributed by atoms with Crippen molar-refractivity contribution in [3.05, 3.63) is 0 Å². The Morgan fingerprint density at radius 2 is 0.400 bits per heavy atom. The molecule has 0 saturated carbocycles. The number of hydrogen-bond acceptors (Lipinski definition) is 0. The van der Waals surface area contributed by atoms with Crippen LogP contribution in [0.1, 0.15) is 83.1 Å². The van der Waals surface area contributed by atoms with E-state index in [9.17, 15) is 0 Å². The van der Waals surface area contributed by atoms with E-state index in [1.54, 1.807) is 0 Å². The molecule has 0 spiro atoms. The van der Waals surface area contributed by atoms with Gasteiger partial charge in [-0.15, -0.1) is 0 Å². The van der Waals surface area contributed by atoms with Crippen LogP contribution in [0.25, 0.3) is 0 Å². The van der Waals surface area contributed by atoms with Gasteiger partial charge in [-0.1, -0.05) is 0 Å². The molecule has 0 aliphatic heterocycles. The molecule has 0 heterocycles. The fraction of sp³-hybridized carbons (Fsp3) is 1.00. The molecule has 0 nitrogen and oxygen atoms in total. The minimum atomic E-state index is -0.722. The molecule has 0 amide bonds. The summed E-state index contributed by atoms with van der Waals surface area (Å²) < 4.78 is 6.00. The third kappa shape index (κ3) is 9.92. The Bertz CT molecular complexity index is 155. The van der Waals surface area contributed by atoms with E-state index in [-0.39, 0.29) is 0 Å². The summed E-state index contributed by atoms with van der Waals surface area (Å²) in [6.45, 7) is 28.8. The van der Waals surface area contributed by atoms with Crippen LogP contribution in [0.3, 0.4) is 0 Å². The summed E-state index contributed by atoms with van der Waals surface area (Å²) in [4.78, 5) is 0. The van der Waals surface area contributed by atoms with Gasteiger partial charge in [0.05, 0.1) is 0 Å². The molecule has 0 bridgehead atoms. The molecule has 20 heavy (non-hydrogen) atoms. The molecule has 0 aliphatic carbocycles. The quantitative estimate of drug-likeness (QED) is 0.405. The fourth-order valence-corrected chi connectivity index (χ4v) is 20.8. The molecule has 122 valence electrons. The van der Waals surface area contributed by atoms with Gasteiger partial charge in [0.1, 0.15) is 0 Å². The van der Waals surface area contributed by atoms with Crippen molar-refractivity contribution in [2.75, 3.05) is 0 Å². The maximum absolute atomic E-state index is 2.40. The van der Waals surface area contributed by atoms with Crippen LogP contribution in [0, 0.1) is 0 Å². The molecule has 0 unspecified atom stereocenters. The van der Waals surface area contributed by atoms with E-state index < -0.39 is 28.7 Å². The second-order valence-electron chi connectivity index (χ2n) is 7.93. The first kappa shape index (κ1) is 23.4. The van der Waals surface area contributed by atoms with Gasteiger partial charge in [0.2, 0.25) is 0 Å². The van der Waals surface area contributed by atoms with Gasteiger partial charge in [-0.25, -0.2) is 0 Å². The van der Waals surface area contributed by atoms with E-state index in [0.29, 0.717) is 0 Å². The van der Waals surface area contributed by atoms with E-state index in [1.807, 2.05) is 0 Å². The summed E-state index contributed by atoms with van der Waals surface area (Å²) in [6.07, 6.45) is 0. The minimum absolute atomic E-state index is 0.722. The van der Waals surface area contributed by atoms with E-state index >= 15 is 0 Å². The van der Waals surface area contributed by atoms with Crippen LogP contribution in [0.15, 0.2) is 0 Å². The van der Waals surface area contributed by atoms with Crippen molar-refractivity contribution >= 4 is 28.7 Å². The van der Waals surface area contributed by atoms with Crippen molar-refractivity contribution in [1.29, 1.82) is 0 Å². The number of rotatable bonds is 6. The molecule has 0 rings (SSSR count). The number of hydrogen-bond donors (Lipinski definition) is 0. The Hall–Kier alpha value is 1.09. The van der Waals surface area contributed by atoms with Gasteiger partial charge in [0, 0.05) is 0 Å². The molecule has 2 heteroatoms. The van der Waals surface area contributed by atoms with Crippen LogP contribution in [0.2, 0.25) is 28.5 Å². The molecule has 0 atom stereocenters. The average Bonchev–Trinajstić information content (AvgIpc) is 2.12. The Balaban J connectivity index is 0. The van der Waals surface area contributed by atoms with Crippen molar-refractivity contribution in [3.8, 4) is 0 Å². The SMILES string of the molecule is C[CH](C)[Ge]([CH](C)C)[CH](C)C.C[CH](C)[Ge]([CH](C)C)[CH](C)C. The third-order valence-electron chi connectivity index (χ3n) is 4.00. The van der Waals surface area contributed by atoms with E-state index in [2.05, 4.69) is 83.1 Å². The molecule has 0 aromatic rings. The Morgan fingerprint density at radius 1 is 0.300 bits per heavy atom. The summed E-state index contributed by atoms with van der Waals surface area (Å²) >= 11 is -1.44. The Morgan fingerprint density at radius 3 is 0.400 bits per heavy atom. The topological polar surface area (TPSA) is 0 Å². The standard InChI is InChI=1S/2C9H21Ge/c2*1-7(2)10(8(3)4)9(5)6/h2*7-9H,1-6H3. The molecule has 0 fully saturated rings. The van der Waals surface area contributed by atoms with Crippen LogP contribution < -0.4 is 0 Å². The first-order valence-corrected chi connectivity index (χ1v) is 15.9. The fourth-order valence-electron chi connectivity index (χ4n) is 4.00. The predicted octanol–water partition coefficient (Wildman–Crippen LogP) is 7.42. The first-order valence-electron chi connectivity index (χ1n) is 8.66. The molecule has 2 radical (unpaired) electrons. The van der Waals surface area contributed by atoms with Crippen LogP contribution in [-0.4, -0.2) is 28.7 Å². The summed E-state index contributed by atoms with van der Waals surface area (Å²) in [6, 6.07) is 0. The maximum atomic E-state index is 2.40. The molecule has 0 aromatic heterocycles. The zero-order valence-electron chi connectivity index (χ0n) is 16.5. The van der Waals surface area contributed by atoms with Gasteiger partial charge in [0.25, 0.3) is 0 Å². The Labute approximate surface area is 140 Å². The van der Waals surface area contributed by atoms with Crippen LogP contribution >= 0.6 is 0 Å². The molecule has 0 aromatic carbocycles. The second kappa shape index (κ2) is 11.6. The van der Waals surface area contributed by atoms with Crippen molar-refractivity contribution in [2.45, 2.75) is 112 Å². The van der Waals surface area contributed by atoms with E-state index in [0.717, 1.165) is 28.5 Å². The zero-order chi connectivity index (χ0) is 16.6.